The molecule has 1 aliphatic rings. The smallest absolute Gasteiger partial charge is 0.245 e. The fourth-order valence-electron chi connectivity index (χ4n) is 2.59. The molecule has 0 bridgehead atoms. The minimum Gasteiger partial charge on any atom is -0.376 e. The van der Waals surface area contributed by atoms with Crippen molar-refractivity contribution in [3.8, 4) is 0 Å². The highest BCUT2D eigenvalue weighted by molar-refractivity contribution is 5.80. The number of carbonyl (C=O) groups is 1. The third-order valence-corrected chi connectivity index (χ3v) is 3.79. The zero-order valence-electron chi connectivity index (χ0n) is 12.3. The monoisotopic (exact) mass is 301 g/mol. The zero-order valence-corrected chi connectivity index (χ0v) is 12.3. The van der Waals surface area contributed by atoms with E-state index < -0.39 is 6.04 Å². The van der Waals surface area contributed by atoms with Gasteiger partial charge in [-0.2, -0.15) is 0 Å². The van der Waals surface area contributed by atoms with Crippen LogP contribution in [0.1, 0.15) is 24.4 Å². The van der Waals surface area contributed by atoms with Gasteiger partial charge in [0, 0.05) is 19.6 Å². The van der Waals surface area contributed by atoms with Crippen molar-refractivity contribution < 1.29 is 9.53 Å². The summed E-state index contributed by atoms with van der Waals surface area (Å²) in [5, 5.41) is 14.1. The molecule has 1 aliphatic heterocycles. The molecule has 2 atom stereocenters. The molecule has 1 aromatic carbocycles. The molecular weight excluding hydrogens is 282 g/mol. The fourth-order valence-corrected chi connectivity index (χ4v) is 2.59. The number of aromatic nitrogens is 4. The van der Waals surface area contributed by atoms with Gasteiger partial charge in [-0.05, 0) is 28.8 Å². The maximum atomic E-state index is 12.5. The summed E-state index contributed by atoms with van der Waals surface area (Å²) in [7, 11) is 0. The average molecular weight is 301 g/mol. The molecule has 1 N–H and O–H groups in total. The van der Waals surface area contributed by atoms with E-state index in [-0.39, 0.29) is 12.0 Å². The maximum absolute atomic E-state index is 12.5. The number of hydrogen-bond donors (Lipinski definition) is 1. The van der Waals surface area contributed by atoms with Crippen LogP contribution in [-0.4, -0.2) is 45.4 Å². The van der Waals surface area contributed by atoms with Gasteiger partial charge in [0.25, 0.3) is 0 Å². The number of benzene rings is 1. The Bertz CT molecular complexity index is 581. The summed E-state index contributed by atoms with van der Waals surface area (Å²) in [5.41, 5.74) is 1.07. The van der Waals surface area contributed by atoms with Crippen LogP contribution in [0.5, 0.6) is 0 Å². The van der Waals surface area contributed by atoms with Crippen LogP contribution in [0, 0.1) is 0 Å². The van der Waals surface area contributed by atoms with Crippen molar-refractivity contribution in [3.63, 3.8) is 0 Å². The van der Waals surface area contributed by atoms with Gasteiger partial charge in [0.05, 0.1) is 6.10 Å². The highest BCUT2D eigenvalue weighted by Crippen LogP contribution is 2.14. The summed E-state index contributed by atoms with van der Waals surface area (Å²) >= 11 is 0. The van der Waals surface area contributed by atoms with Crippen LogP contribution in [0.3, 0.4) is 0 Å². The van der Waals surface area contributed by atoms with E-state index in [2.05, 4.69) is 20.8 Å². The van der Waals surface area contributed by atoms with Crippen LogP contribution in [-0.2, 0) is 16.0 Å². The van der Waals surface area contributed by atoms with Gasteiger partial charge >= 0.3 is 0 Å². The zero-order chi connectivity index (χ0) is 15.2. The van der Waals surface area contributed by atoms with E-state index >= 15 is 0 Å². The number of tetrazole rings is 1. The van der Waals surface area contributed by atoms with Gasteiger partial charge in [-0.15, -0.1) is 5.10 Å². The van der Waals surface area contributed by atoms with Crippen LogP contribution in [0.25, 0.3) is 0 Å². The predicted octanol–water partition coefficient (Wildman–Crippen LogP) is 0.752. The van der Waals surface area contributed by atoms with Gasteiger partial charge in [0.15, 0.2) is 0 Å². The molecule has 1 aromatic heterocycles. The number of hydrogen-bond acceptors (Lipinski definition) is 5. The summed E-state index contributed by atoms with van der Waals surface area (Å²) in [6.07, 6.45) is 4.19. The van der Waals surface area contributed by atoms with Crippen LogP contribution in [0.4, 0.5) is 0 Å². The van der Waals surface area contributed by atoms with E-state index in [0.717, 1.165) is 25.0 Å². The number of nitrogens with one attached hydrogen (secondary N) is 1. The number of nitrogens with zero attached hydrogens (tertiary/aromatic N) is 4. The van der Waals surface area contributed by atoms with Gasteiger partial charge < -0.3 is 10.1 Å². The number of amides is 1. The van der Waals surface area contributed by atoms with Crippen molar-refractivity contribution >= 4 is 5.91 Å². The summed E-state index contributed by atoms with van der Waals surface area (Å²) in [6.45, 7) is 1.31. The van der Waals surface area contributed by atoms with Crippen LogP contribution < -0.4 is 5.32 Å². The normalized spacial score (nSPS) is 19.0. The molecule has 3 rings (SSSR count). The Balaban J connectivity index is 1.66. The Morgan fingerprint density at radius 2 is 2.27 bits per heavy atom. The Morgan fingerprint density at radius 3 is 2.95 bits per heavy atom. The molecule has 22 heavy (non-hydrogen) atoms. The van der Waals surface area contributed by atoms with E-state index in [1.165, 1.54) is 11.0 Å². The summed E-state index contributed by atoms with van der Waals surface area (Å²) in [6, 6.07) is 9.38. The van der Waals surface area contributed by atoms with Gasteiger partial charge in [-0.3, -0.25) is 4.79 Å². The first-order valence-electron chi connectivity index (χ1n) is 7.48. The lowest BCUT2D eigenvalue weighted by Gasteiger charge is -2.18. The molecular formula is C15H19N5O2. The molecule has 1 amide bonds. The third kappa shape index (κ3) is 3.67. The van der Waals surface area contributed by atoms with Crippen molar-refractivity contribution in [3.05, 3.63) is 42.2 Å². The number of ether oxygens (including phenoxy) is 1. The van der Waals surface area contributed by atoms with Gasteiger partial charge in [-0.1, -0.05) is 30.3 Å². The molecule has 7 heteroatoms. The second kappa shape index (κ2) is 7.13. The lowest BCUT2D eigenvalue weighted by molar-refractivity contribution is -0.125. The Labute approximate surface area is 128 Å². The Kier molecular flexibility index (Phi) is 4.75. The number of carbonyl (C=O) groups excluding carboxylic acids is 1. The van der Waals surface area contributed by atoms with Gasteiger partial charge in [-0.25, -0.2) is 4.68 Å². The first-order chi connectivity index (χ1) is 10.8. The molecule has 7 nitrogen and oxygen atoms in total. The highest BCUT2D eigenvalue weighted by Gasteiger charge is 2.24. The molecule has 0 saturated carbocycles. The second-order valence-electron chi connectivity index (χ2n) is 5.38. The quantitative estimate of drug-likeness (QED) is 0.851. The summed E-state index contributed by atoms with van der Waals surface area (Å²) in [4.78, 5) is 12.5. The van der Waals surface area contributed by atoms with Crippen LogP contribution in [0.15, 0.2) is 36.7 Å². The minimum absolute atomic E-state index is 0.0911. The van der Waals surface area contributed by atoms with Crippen molar-refractivity contribution in [1.29, 1.82) is 0 Å². The molecule has 116 valence electrons. The fraction of sp³-hybridized carbons (Fsp3) is 0.467. The van der Waals surface area contributed by atoms with E-state index in [0.29, 0.717) is 13.0 Å². The van der Waals surface area contributed by atoms with E-state index in [1.54, 1.807) is 0 Å². The van der Waals surface area contributed by atoms with Gasteiger partial charge in [0.1, 0.15) is 12.4 Å². The SMILES string of the molecule is O=C(NC[C@H]1CCCO1)[C@@H](Cc1ccccc1)n1cnnn1. The molecule has 1 saturated heterocycles. The van der Waals surface area contributed by atoms with Crippen molar-refractivity contribution in [2.24, 2.45) is 0 Å². The predicted molar refractivity (Wildman–Crippen MR) is 79.0 cm³/mol. The molecule has 0 unspecified atom stereocenters. The molecule has 2 heterocycles. The van der Waals surface area contributed by atoms with Crippen molar-refractivity contribution in [2.75, 3.05) is 13.2 Å². The first-order valence-corrected chi connectivity index (χ1v) is 7.48. The third-order valence-electron chi connectivity index (χ3n) is 3.79. The minimum atomic E-state index is -0.459. The van der Waals surface area contributed by atoms with E-state index in [4.69, 9.17) is 4.74 Å². The number of rotatable bonds is 6. The largest absolute Gasteiger partial charge is 0.376 e. The second-order valence-corrected chi connectivity index (χ2v) is 5.38. The van der Waals surface area contributed by atoms with E-state index in [9.17, 15) is 4.79 Å². The summed E-state index contributed by atoms with van der Waals surface area (Å²) in [5.74, 6) is -0.0911. The maximum Gasteiger partial charge on any atom is 0.245 e. The van der Waals surface area contributed by atoms with Crippen LogP contribution in [0.2, 0.25) is 0 Å². The van der Waals surface area contributed by atoms with Crippen LogP contribution >= 0.6 is 0 Å². The molecule has 0 aliphatic carbocycles. The molecule has 2 aromatic rings. The van der Waals surface area contributed by atoms with Crippen molar-refractivity contribution in [2.45, 2.75) is 31.4 Å². The average Bonchev–Trinajstić information content (AvgIpc) is 3.24. The standard InChI is InChI=1S/C15H19N5O2/c21-15(16-10-13-7-4-8-22-13)14(20-11-17-18-19-20)9-12-5-2-1-3-6-12/h1-3,5-6,11,13-14H,4,7-10H2,(H,16,21)/t13-,14-/m1/s1. The molecule has 0 spiro atoms. The van der Waals surface area contributed by atoms with Crippen molar-refractivity contribution in [1.82, 2.24) is 25.5 Å². The van der Waals surface area contributed by atoms with Gasteiger partial charge in [0.2, 0.25) is 5.91 Å². The highest BCUT2D eigenvalue weighted by atomic mass is 16.5. The lowest BCUT2D eigenvalue weighted by atomic mass is 10.1. The molecule has 0 radical (unpaired) electrons. The summed E-state index contributed by atoms with van der Waals surface area (Å²) < 4.78 is 7.03. The lowest BCUT2D eigenvalue weighted by Crippen LogP contribution is -2.38. The first kappa shape index (κ1) is 14.6. The molecule has 1 fully saturated rings. The topological polar surface area (TPSA) is 81.9 Å². The Hall–Kier alpha value is -2.28. The Morgan fingerprint density at radius 1 is 1.41 bits per heavy atom. The van der Waals surface area contributed by atoms with E-state index in [1.807, 2.05) is 30.3 Å².